The fourth-order valence-electron chi connectivity index (χ4n) is 3.08. The van der Waals surface area contributed by atoms with Crippen LogP contribution in [0.2, 0.25) is 0 Å². The Hall–Kier alpha value is -2.76. The summed E-state index contributed by atoms with van der Waals surface area (Å²) in [7, 11) is 7.33. The minimum atomic E-state index is 0.0313. The standard InChI is InChI=1S/C19H24N4O2/c1-21(9-5-6-14-12-20-22(2)13-14)19(24)18-11-15-10-16(25-4)7-8-17(15)23(18)3/h7-8,10-13H,5-6,9H2,1-4H3. The average Bonchev–Trinajstić information content (AvgIpc) is 3.17. The van der Waals surface area contributed by atoms with Gasteiger partial charge in [0.05, 0.1) is 13.3 Å². The maximum absolute atomic E-state index is 12.8. The first-order valence-electron chi connectivity index (χ1n) is 8.36. The van der Waals surface area contributed by atoms with Gasteiger partial charge in [0, 0.05) is 44.8 Å². The molecule has 1 aromatic carbocycles. The van der Waals surface area contributed by atoms with Crippen molar-refractivity contribution < 1.29 is 9.53 Å². The van der Waals surface area contributed by atoms with Gasteiger partial charge in [0.2, 0.25) is 0 Å². The third-order valence-corrected chi connectivity index (χ3v) is 4.53. The van der Waals surface area contributed by atoms with E-state index in [2.05, 4.69) is 5.10 Å². The Morgan fingerprint density at radius 3 is 2.76 bits per heavy atom. The fourth-order valence-corrected chi connectivity index (χ4v) is 3.08. The third kappa shape index (κ3) is 3.52. The van der Waals surface area contributed by atoms with Crippen LogP contribution in [0, 0.1) is 0 Å². The number of carbonyl (C=O) groups is 1. The topological polar surface area (TPSA) is 52.3 Å². The van der Waals surface area contributed by atoms with Crippen LogP contribution in [0.25, 0.3) is 10.9 Å². The van der Waals surface area contributed by atoms with Crippen molar-refractivity contribution in [2.24, 2.45) is 14.1 Å². The number of hydrogen-bond donors (Lipinski definition) is 0. The summed E-state index contributed by atoms with van der Waals surface area (Å²) in [5, 5.41) is 5.18. The van der Waals surface area contributed by atoms with Crippen LogP contribution in [0.15, 0.2) is 36.7 Å². The zero-order valence-corrected chi connectivity index (χ0v) is 15.2. The van der Waals surface area contributed by atoms with Crippen molar-refractivity contribution in [1.29, 1.82) is 0 Å². The molecule has 0 saturated heterocycles. The summed E-state index contributed by atoms with van der Waals surface area (Å²) in [4.78, 5) is 14.6. The number of hydrogen-bond acceptors (Lipinski definition) is 3. The molecule has 0 aliphatic rings. The number of amides is 1. The quantitative estimate of drug-likeness (QED) is 0.693. The van der Waals surface area contributed by atoms with Gasteiger partial charge in [-0.1, -0.05) is 0 Å². The molecule has 0 N–H and O–H groups in total. The van der Waals surface area contributed by atoms with Crippen LogP contribution in [0.4, 0.5) is 0 Å². The van der Waals surface area contributed by atoms with Crippen molar-refractivity contribution in [1.82, 2.24) is 19.2 Å². The van der Waals surface area contributed by atoms with E-state index in [0.29, 0.717) is 12.2 Å². The van der Waals surface area contributed by atoms with Gasteiger partial charge in [-0.25, -0.2) is 0 Å². The fraction of sp³-hybridized carbons (Fsp3) is 0.368. The number of ether oxygens (including phenoxy) is 1. The van der Waals surface area contributed by atoms with E-state index in [4.69, 9.17) is 4.74 Å². The van der Waals surface area contributed by atoms with Gasteiger partial charge in [-0.15, -0.1) is 0 Å². The number of carbonyl (C=O) groups excluding carboxylic acids is 1. The lowest BCUT2D eigenvalue weighted by Crippen LogP contribution is -2.29. The maximum atomic E-state index is 12.8. The largest absolute Gasteiger partial charge is 0.497 e. The minimum absolute atomic E-state index is 0.0313. The van der Waals surface area contributed by atoms with Crippen LogP contribution in [0.5, 0.6) is 5.75 Å². The third-order valence-electron chi connectivity index (χ3n) is 4.53. The van der Waals surface area contributed by atoms with Crippen LogP contribution in [-0.2, 0) is 20.5 Å². The Balaban J connectivity index is 1.69. The summed E-state index contributed by atoms with van der Waals surface area (Å²) >= 11 is 0. The van der Waals surface area contributed by atoms with Crippen molar-refractivity contribution >= 4 is 16.8 Å². The van der Waals surface area contributed by atoms with Gasteiger partial charge >= 0.3 is 0 Å². The van der Waals surface area contributed by atoms with Crippen LogP contribution in [-0.4, -0.2) is 45.9 Å². The number of methoxy groups -OCH3 is 1. The first kappa shape index (κ1) is 17.1. The second-order valence-corrected chi connectivity index (χ2v) is 6.37. The van der Waals surface area contributed by atoms with Crippen LogP contribution in [0.1, 0.15) is 22.5 Å². The van der Waals surface area contributed by atoms with E-state index in [1.165, 1.54) is 5.56 Å². The van der Waals surface area contributed by atoms with E-state index in [1.807, 2.05) is 62.4 Å². The summed E-state index contributed by atoms with van der Waals surface area (Å²) in [5.74, 6) is 0.825. The molecule has 6 nitrogen and oxygen atoms in total. The van der Waals surface area contributed by atoms with Gasteiger partial charge in [-0.05, 0) is 42.7 Å². The highest BCUT2D eigenvalue weighted by atomic mass is 16.5. The molecule has 0 saturated carbocycles. The lowest BCUT2D eigenvalue weighted by molar-refractivity contribution is 0.0784. The van der Waals surface area contributed by atoms with Gasteiger partial charge < -0.3 is 14.2 Å². The van der Waals surface area contributed by atoms with Crippen molar-refractivity contribution in [2.45, 2.75) is 12.8 Å². The number of aromatic nitrogens is 3. The molecule has 2 aromatic heterocycles. The monoisotopic (exact) mass is 340 g/mol. The van der Waals surface area contributed by atoms with E-state index >= 15 is 0 Å². The highest BCUT2D eigenvalue weighted by molar-refractivity contribution is 5.98. The molecule has 6 heteroatoms. The lowest BCUT2D eigenvalue weighted by Gasteiger charge is -2.17. The van der Waals surface area contributed by atoms with Gasteiger partial charge in [0.15, 0.2) is 0 Å². The number of aryl methyl sites for hydroxylation is 3. The molecule has 0 radical (unpaired) electrons. The molecular weight excluding hydrogens is 316 g/mol. The Bertz CT molecular complexity index is 894. The molecule has 132 valence electrons. The molecule has 0 unspecified atom stereocenters. The van der Waals surface area contributed by atoms with E-state index < -0.39 is 0 Å². The predicted octanol–water partition coefficient (Wildman–Crippen LogP) is 2.63. The summed E-state index contributed by atoms with van der Waals surface area (Å²) in [5.41, 5.74) is 2.90. The molecular formula is C19H24N4O2. The van der Waals surface area contributed by atoms with E-state index in [0.717, 1.165) is 29.5 Å². The lowest BCUT2D eigenvalue weighted by atomic mass is 10.2. The van der Waals surface area contributed by atoms with Gasteiger partial charge in [0.1, 0.15) is 11.4 Å². The Morgan fingerprint density at radius 1 is 1.28 bits per heavy atom. The number of nitrogens with zero attached hydrogens (tertiary/aromatic N) is 4. The highest BCUT2D eigenvalue weighted by Gasteiger charge is 2.17. The SMILES string of the molecule is COc1ccc2c(c1)cc(C(=O)N(C)CCCc1cnn(C)c1)n2C. The summed E-state index contributed by atoms with van der Waals surface area (Å²) in [6, 6.07) is 7.77. The van der Waals surface area contributed by atoms with Crippen molar-refractivity contribution in [3.8, 4) is 5.75 Å². The average molecular weight is 340 g/mol. The molecule has 2 heterocycles. The number of rotatable bonds is 6. The summed E-state index contributed by atoms with van der Waals surface area (Å²) < 4.78 is 9.00. The first-order chi connectivity index (χ1) is 12.0. The second kappa shape index (κ2) is 7.01. The molecule has 0 fully saturated rings. The summed E-state index contributed by atoms with van der Waals surface area (Å²) in [6.07, 6.45) is 5.71. The van der Waals surface area contributed by atoms with E-state index in [1.54, 1.807) is 16.7 Å². The molecule has 25 heavy (non-hydrogen) atoms. The predicted molar refractivity (Wildman–Crippen MR) is 98.0 cm³/mol. The Morgan fingerprint density at radius 2 is 2.08 bits per heavy atom. The van der Waals surface area contributed by atoms with Gasteiger partial charge in [0.25, 0.3) is 5.91 Å². The van der Waals surface area contributed by atoms with E-state index in [-0.39, 0.29) is 5.91 Å². The van der Waals surface area contributed by atoms with Crippen molar-refractivity contribution in [3.05, 3.63) is 47.9 Å². The molecule has 0 aliphatic carbocycles. The zero-order chi connectivity index (χ0) is 18.0. The normalized spacial score (nSPS) is 11.0. The molecule has 0 aliphatic heterocycles. The molecule has 1 amide bonds. The smallest absolute Gasteiger partial charge is 0.270 e. The van der Waals surface area contributed by atoms with Crippen molar-refractivity contribution in [2.75, 3.05) is 20.7 Å². The number of fused-ring (bicyclic) bond motifs is 1. The van der Waals surface area contributed by atoms with Crippen LogP contribution in [0.3, 0.4) is 0 Å². The molecule has 0 spiro atoms. The maximum Gasteiger partial charge on any atom is 0.270 e. The molecule has 0 atom stereocenters. The molecule has 3 aromatic rings. The Labute approximate surface area is 147 Å². The minimum Gasteiger partial charge on any atom is -0.497 e. The van der Waals surface area contributed by atoms with Gasteiger partial charge in [-0.3, -0.25) is 9.48 Å². The second-order valence-electron chi connectivity index (χ2n) is 6.37. The molecule has 3 rings (SSSR count). The van der Waals surface area contributed by atoms with Crippen LogP contribution >= 0.6 is 0 Å². The first-order valence-corrected chi connectivity index (χ1v) is 8.36. The number of benzene rings is 1. The Kier molecular flexibility index (Phi) is 4.79. The van der Waals surface area contributed by atoms with Crippen molar-refractivity contribution in [3.63, 3.8) is 0 Å². The zero-order valence-electron chi connectivity index (χ0n) is 15.2. The van der Waals surface area contributed by atoms with Crippen LogP contribution < -0.4 is 4.74 Å². The molecule has 0 bridgehead atoms. The van der Waals surface area contributed by atoms with Gasteiger partial charge in [-0.2, -0.15) is 5.10 Å². The summed E-state index contributed by atoms with van der Waals surface area (Å²) in [6.45, 7) is 0.707. The highest BCUT2D eigenvalue weighted by Crippen LogP contribution is 2.24. The van der Waals surface area contributed by atoms with E-state index in [9.17, 15) is 4.79 Å².